The summed E-state index contributed by atoms with van der Waals surface area (Å²) < 4.78 is 8.06. The molecule has 0 aromatic heterocycles. The summed E-state index contributed by atoms with van der Waals surface area (Å²) >= 11 is 0. The molecular formula is C23H30OP2. The maximum atomic E-state index is 8.06. The molecule has 4 atom stereocenters. The summed E-state index contributed by atoms with van der Waals surface area (Å²) in [5.74, 6) is 2.62. The van der Waals surface area contributed by atoms with Crippen LogP contribution in [0.2, 0.25) is 0 Å². The molecule has 0 spiro atoms. The second-order valence-electron chi connectivity index (χ2n) is 8.20. The lowest BCUT2D eigenvalue weighted by Crippen LogP contribution is -2.34. The Bertz CT molecular complexity index is 742. The van der Waals surface area contributed by atoms with E-state index >= 15 is 0 Å². The van der Waals surface area contributed by atoms with E-state index in [9.17, 15) is 0 Å². The van der Waals surface area contributed by atoms with Crippen LogP contribution in [0.5, 0.6) is 0 Å². The van der Waals surface area contributed by atoms with E-state index in [4.69, 9.17) is 4.57 Å². The molecule has 2 aromatic carbocycles. The van der Waals surface area contributed by atoms with Crippen molar-refractivity contribution < 1.29 is 4.57 Å². The Kier molecular flexibility index (Phi) is 6.65. The molecule has 1 heterocycles. The standard InChI is InChI=1S/C23H29P.HOP/c1-16(2)19-13-12-17(3)14-23(19)24-15-18-8-4-5-9-20(18)21-10-6-7-11-22(21)24;1-2/h4-11,16-17,19,23H,12-15H2,1-3H3;2H. The van der Waals surface area contributed by atoms with Gasteiger partial charge < -0.3 is 0 Å². The summed E-state index contributed by atoms with van der Waals surface area (Å²) in [5.41, 5.74) is 5.49. The molecule has 0 bridgehead atoms. The Hall–Kier alpha value is -1.03. The molecule has 1 aliphatic heterocycles. The second-order valence-corrected chi connectivity index (χ2v) is 10.6. The molecule has 0 N–H and O–H groups in total. The molecule has 0 radical (unpaired) electrons. The second kappa shape index (κ2) is 8.77. The van der Waals surface area contributed by atoms with Gasteiger partial charge in [0.2, 0.25) is 0 Å². The fraction of sp³-hybridized carbons (Fsp3) is 0.478. The first-order valence-corrected chi connectivity index (χ1v) is 11.8. The molecule has 1 nitrogen and oxygen atoms in total. The van der Waals surface area contributed by atoms with Gasteiger partial charge in [0.1, 0.15) is 9.12 Å². The SMILES string of the molecule is CC1CCC(C(C)C)C(P2Cc3ccccc3-c3ccccc32)C1.O=P. The van der Waals surface area contributed by atoms with Crippen molar-refractivity contribution in [2.24, 2.45) is 17.8 Å². The average Bonchev–Trinajstić information content (AvgIpc) is 2.68. The van der Waals surface area contributed by atoms with Crippen molar-refractivity contribution in [3.63, 3.8) is 0 Å². The lowest BCUT2D eigenvalue weighted by molar-refractivity contribution is 0.241. The number of hydrogen-bond donors (Lipinski definition) is 0. The zero-order chi connectivity index (χ0) is 18.7. The third-order valence-corrected chi connectivity index (χ3v) is 9.33. The first-order chi connectivity index (χ1) is 12.6. The Morgan fingerprint density at radius 3 is 2.35 bits per heavy atom. The van der Waals surface area contributed by atoms with Gasteiger partial charge in [-0.3, -0.25) is 4.57 Å². The molecule has 1 aliphatic carbocycles. The normalized spacial score (nSPS) is 27.1. The van der Waals surface area contributed by atoms with E-state index in [2.05, 4.69) is 69.3 Å². The lowest BCUT2D eigenvalue weighted by Gasteiger charge is -2.44. The van der Waals surface area contributed by atoms with Crippen LogP contribution in [-0.2, 0) is 10.7 Å². The smallest absolute Gasteiger partial charge is 0.138 e. The van der Waals surface area contributed by atoms with Crippen LogP contribution in [0.1, 0.15) is 45.6 Å². The first-order valence-electron chi connectivity index (χ1n) is 9.79. The van der Waals surface area contributed by atoms with Crippen LogP contribution in [0, 0.1) is 17.8 Å². The Labute approximate surface area is 162 Å². The largest absolute Gasteiger partial charge is 0.279 e. The summed E-state index contributed by atoms with van der Waals surface area (Å²) in [6, 6.07) is 18.4. The maximum Gasteiger partial charge on any atom is 0.138 e. The maximum absolute atomic E-state index is 8.06. The highest BCUT2D eigenvalue weighted by Gasteiger charge is 2.38. The first kappa shape index (κ1) is 19.7. The van der Waals surface area contributed by atoms with Gasteiger partial charge in [0, 0.05) is 0 Å². The number of rotatable bonds is 2. The molecule has 1 saturated carbocycles. The third-order valence-electron chi connectivity index (χ3n) is 6.25. The van der Waals surface area contributed by atoms with Crippen LogP contribution in [0.4, 0.5) is 0 Å². The van der Waals surface area contributed by atoms with Gasteiger partial charge in [0.15, 0.2) is 0 Å². The minimum Gasteiger partial charge on any atom is -0.279 e. The summed E-state index contributed by atoms with van der Waals surface area (Å²) in [6.07, 6.45) is 5.60. The van der Waals surface area contributed by atoms with Gasteiger partial charge >= 0.3 is 0 Å². The van der Waals surface area contributed by atoms with E-state index in [1.54, 1.807) is 20.0 Å². The Morgan fingerprint density at radius 2 is 1.62 bits per heavy atom. The van der Waals surface area contributed by atoms with E-state index in [-0.39, 0.29) is 7.92 Å². The molecule has 3 heteroatoms. The summed E-state index contributed by atoms with van der Waals surface area (Å²) in [4.78, 5) is 0. The highest BCUT2D eigenvalue weighted by Crippen LogP contribution is 2.58. The van der Waals surface area contributed by atoms with Gasteiger partial charge in [-0.1, -0.05) is 83.6 Å². The summed E-state index contributed by atoms with van der Waals surface area (Å²) in [5, 5.41) is 1.68. The molecule has 1 fully saturated rings. The topological polar surface area (TPSA) is 17.1 Å². The van der Waals surface area contributed by atoms with Crippen molar-refractivity contribution in [1.29, 1.82) is 0 Å². The van der Waals surface area contributed by atoms with Crippen molar-refractivity contribution in [2.45, 2.75) is 51.9 Å². The highest BCUT2D eigenvalue weighted by molar-refractivity contribution is 7.66. The van der Waals surface area contributed by atoms with Gasteiger partial charge in [-0.2, -0.15) is 0 Å². The van der Waals surface area contributed by atoms with E-state index < -0.39 is 0 Å². The molecule has 2 aromatic rings. The molecule has 4 rings (SSSR count). The van der Waals surface area contributed by atoms with Gasteiger partial charge in [0.05, 0.1) is 0 Å². The van der Waals surface area contributed by atoms with E-state index in [1.807, 2.05) is 0 Å². The van der Waals surface area contributed by atoms with Crippen LogP contribution < -0.4 is 5.30 Å². The zero-order valence-corrected chi connectivity index (χ0v) is 18.0. The van der Waals surface area contributed by atoms with Crippen LogP contribution in [-0.4, -0.2) is 5.66 Å². The monoisotopic (exact) mass is 384 g/mol. The van der Waals surface area contributed by atoms with Crippen molar-refractivity contribution in [2.75, 3.05) is 0 Å². The zero-order valence-electron chi connectivity index (χ0n) is 16.1. The number of hydrogen-bond acceptors (Lipinski definition) is 1. The molecule has 0 amide bonds. The fourth-order valence-corrected chi connectivity index (χ4v) is 8.70. The molecule has 138 valence electrons. The van der Waals surface area contributed by atoms with Gasteiger partial charge in [-0.25, -0.2) is 0 Å². The minimum atomic E-state index is -0.0907. The van der Waals surface area contributed by atoms with Crippen molar-refractivity contribution >= 4 is 22.3 Å². The number of benzene rings is 2. The van der Waals surface area contributed by atoms with Crippen molar-refractivity contribution in [1.82, 2.24) is 0 Å². The van der Waals surface area contributed by atoms with Crippen LogP contribution in [0.25, 0.3) is 11.1 Å². The van der Waals surface area contributed by atoms with E-state index in [1.165, 1.54) is 36.6 Å². The molecule has 4 unspecified atom stereocenters. The molecule has 0 saturated heterocycles. The third kappa shape index (κ3) is 3.81. The van der Waals surface area contributed by atoms with Gasteiger partial charge in [0.25, 0.3) is 0 Å². The molecule has 2 aliphatic rings. The van der Waals surface area contributed by atoms with Crippen molar-refractivity contribution in [3.8, 4) is 11.1 Å². The van der Waals surface area contributed by atoms with Crippen LogP contribution in [0.15, 0.2) is 48.5 Å². The predicted octanol–water partition coefficient (Wildman–Crippen LogP) is 6.91. The summed E-state index contributed by atoms with van der Waals surface area (Å²) in [6.45, 7) is 7.38. The van der Waals surface area contributed by atoms with Gasteiger partial charge in [-0.05, 0) is 64.4 Å². The summed E-state index contributed by atoms with van der Waals surface area (Å²) in [7, 11) is 1.63. The Balaban J connectivity index is 0.000000948. The van der Waals surface area contributed by atoms with Gasteiger partial charge in [-0.15, -0.1) is 0 Å². The molecular weight excluding hydrogens is 354 g/mol. The fourth-order valence-electron chi connectivity index (χ4n) is 4.95. The van der Waals surface area contributed by atoms with Crippen LogP contribution in [0.3, 0.4) is 0 Å². The number of fused-ring (bicyclic) bond motifs is 3. The Morgan fingerprint density at radius 1 is 0.962 bits per heavy atom. The highest BCUT2D eigenvalue weighted by atomic mass is 31.1. The van der Waals surface area contributed by atoms with Crippen LogP contribution >= 0.6 is 17.0 Å². The van der Waals surface area contributed by atoms with E-state index in [0.29, 0.717) is 0 Å². The van der Waals surface area contributed by atoms with Crippen molar-refractivity contribution in [3.05, 3.63) is 54.1 Å². The average molecular weight is 384 g/mol. The minimum absolute atomic E-state index is 0.0907. The predicted molar refractivity (Wildman–Crippen MR) is 116 cm³/mol. The lowest BCUT2D eigenvalue weighted by atomic mass is 9.77. The van der Waals surface area contributed by atoms with E-state index in [0.717, 1.165) is 23.4 Å². The quantitative estimate of drug-likeness (QED) is 0.514. The molecule has 26 heavy (non-hydrogen) atoms.